The minimum absolute atomic E-state index is 0.117. The molecule has 0 amide bonds. The Bertz CT molecular complexity index is 524. The van der Waals surface area contributed by atoms with E-state index in [0.29, 0.717) is 0 Å². The number of carboxylic acid groups (broad SMARTS) is 1. The van der Waals surface area contributed by atoms with Gasteiger partial charge in [-0.15, -0.1) is 0 Å². The minimum atomic E-state index is -1.11. The van der Waals surface area contributed by atoms with Crippen LogP contribution in [0.2, 0.25) is 0 Å². The molecule has 1 aromatic carbocycles. The van der Waals surface area contributed by atoms with Crippen LogP contribution in [0.25, 0.3) is 0 Å². The third-order valence-electron chi connectivity index (χ3n) is 1.80. The number of rotatable bonds is 3. The van der Waals surface area contributed by atoms with Gasteiger partial charge in [0.15, 0.2) is 5.69 Å². The van der Waals surface area contributed by atoms with Crippen molar-refractivity contribution in [3.8, 4) is 0 Å². The molecule has 0 bridgehead atoms. The first-order valence-electron chi connectivity index (χ1n) is 4.36. The molecule has 0 saturated heterocycles. The van der Waals surface area contributed by atoms with Crippen LogP contribution in [-0.4, -0.2) is 16.1 Å². The van der Waals surface area contributed by atoms with Crippen molar-refractivity contribution >= 4 is 40.3 Å². The Morgan fingerprint density at radius 1 is 1.50 bits per heavy atom. The van der Waals surface area contributed by atoms with E-state index in [2.05, 4.69) is 32.9 Å². The molecule has 0 aliphatic heterocycles. The van der Waals surface area contributed by atoms with Crippen molar-refractivity contribution in [3.05, 3.63) is 39.8 Å². The normalized spacial score (nSPS) is 10.1. The van der Waals surface area contributed by atoms with Crippen molar-refractivity contribution in [2.24, 2.45) is 0 Å². The molecule has 5 nitrogen and oxygen atoms in total. The summed E-state index contributed by atoms with van der Waals surface area (Å²) in [6, 6.07) is 7.73. The van der Waals surface area contributed by atoms with Crippen LogP contribution in [-0.2, 0) is 0 Å². The number of nitrogens with zero attached hydrogens (tertiary/aromatic N) is 1. The van der Waals surface area contributed by atoms with Gasteiger partial charge in [-0.3, -0.25) is 0 Å². The largest absolute Gasteiger partial charge is 0.476 e. The summed E-state index contributed by atoms with van der Waals surface area (Å²) in [4.78, 5) is 14.3. The van der Waals surface area contributed by atoms with Gasteiger partial charge in [-0.05, 0) is 40.8 Å². The highest BCUT2D eigenvalue weighted by atomic mass is 127. The fourth-order valence-electron chi connectivity index (χ4n) is 1.12. The maximum Gasteiger partial charge on any atom is 0.357 e. The molecule has 0 unspecified atom stereocenters. The van der Waals surface area contributed by atoms with E-state index in [1.54, 1.807) is 0 Å². The highest BCUT2D eigenvalue weighted by Crippen LogP contribution is 2.18. The third-order valence-corrected chi connectivity index (χ3v) is 2.47. The van der Waals surface area contributed by atoms with Crippen molar-refractivity contribution in [2.45, 2.75) is 0 Å². The van der Waals surface area contributed by atoms with Crippen LogP contribution < -0.4 is 5.32 Å². The Balaban J connectivity index is 2.17. The predicted octanol–water partition coefficient (Wildman–Crippen LogP) is 2.72. The number of aromatic nitrogens is 1. The molecule has 82 valence electrons. The van der Waals surface area contributed by atoms with Crippen LogP contribution in [0.5, 0.6) is 0 Å². The number of carboxylic acids is 1. The molecule has 0 radical (unpaired) electrons. The lowest BCUT2D eigenvalue weighted by Crippen LogP contribution is -1.97. The van der Waals surface area contributed by atoms with E-state index >= 15 is 0 Å². The Labute approximate surface area is 105 Å². The molecule has 2 rings (SSSR count). The van der Waals surface area contributed by atoms with Crippen LogP contribution in [0.3, 0.4) is 0 Å². The number of anilines is 2. The Morgan fingerprint density at radius 3 is 2.94 bits per heavy atom. The molecule has 0 fully saturated rings. The zero-order valence-electron chi connectivity index (χ0n) is 7.98. The van der Waals surface area contributed by atoms with E-state index in [0.717, 1.165) is 15.5 Å². The zero-order chi connectivity index (χ0) is 11.5. The van der Waals surface area contributed by atoms with E-state index in [-0.39, 0.29) is 11.7 Å². The standard InChI is InChI=1S/C10H7IN2O3/c11-6-2-1-3-7(4-6)12-10-13-8(5-16-10)9(14)15/h1-5H,(H,12,13)(H,14,15). The highest BCUT2D eigenvalue weighted by molar-refractivity contribution is 14.1. The van der Waals surface area contributed by atoms with Crippen LogP contribution in [0.1, 0.15) is 10.5 Å². The lowest BCUT2D eigenvalue weighted by molar-refractivity contribution is 0.0690. The zero-order valence-corrected chi connectivity index (χ0v) is 10.1. The van der Waals surface area contributed by atoms with Crippen LogP contribution in [0.4, 0.5) is 11.7 Å². The first kappa shape index (κ1) is 10.9. The fourth-order valence-corrected chi connectivity index (χ4v) is 1.66. The van der Waals surface area contributed by atoms with E-state index < -0.39 is 5.97 Å². The number of benzene rings is 1. The smallest absolute Gasteiger partial charge is 0.357 e. The lowest BCUT2D eigenvalue weighted by atomic mass is 10.3. The number of hydrogen-bond acceptors (Lipinski definition) is 4. The summed E-state index contributed by atoms with van der Waals surface area (Å²) < 4.78 is 6.03. The number of nitrogens with one attached hydrogen (secondary N) is 1. The molecule has 0 saturated carbocycles. The van der Waals surface area contributed by atoms with Gasteiger partial charge in [0.05, 0.1) is 0 Å². The summed E-state index contributed by atoms with van der Waals surface area (Å²) in [6.45, 7) is 0. The molecular weight excluding hydrogens is 323 g/mol. The summed E-state index contributed by atoms with van der Waals surface area (Å²) in [5, 5.41) is 11.5. The van der Waals surface area contributed by atoms with Crippen molar-refractivity contribution < 1.29 is 14.3 Å². The predicted molar refractivity (Wildman–Crippen MR) is 65.9 cm³/mol. The van der Waals surface area contributed by atoms with Gasteiger partial charge < -0.3 is 14.8 Å². The van der Waals surface area contributed by atoms with Gasteiger partial charge in [-0.2, -0.15) is 4.98 Å². The maximum atomic E-state index is 10.6. The van der Waals surface area contributed by atoms with E-state index in [9.17, 15) is 4.79 Å². The number of hydrogen-bond donors (Lipinski definition) is 2. The van der Waals surface area contributed by atoms with Crippen molar-refractivity contribution in [3.63, 3.8) is 0 Å². The second-order valence-electron chi connectivity index (χ2n) is 2.98. The Kier molecular flexibility index (Phi) is 3.09. The molecule has 6 heteroatoms. The average molecular weight is 330 g/mol. The van der Waals surface area contributed by atoms with Gasteiger partial charge >= 0.3 is 5.97 Å². The molecule has 1 heterocycles. The van der Waals surface area contributed by atoms with Gasteiger partial charge in [0.1, 0.15) is 6.26 Å². The molecule has 0 spiro atoms. The number of oxazole rings is 1. The SMILES string of the molecule is O=C(O)c1coc(Nc2cccc(I)c2)n1. The summed E-state index contributed by atoms with van der Waals surface area (Å²) >= 11 is 2.18. The minimum Gasteiger partial charge on any atom is -0.476 e. The molecule has 1 aromatic heterocycles. The molecule has 2 aromatic rings. The average Bonchev–Trinajstić information content (AvgIpc) is 2.66. The quantitative estimate of drug-likeness (QED) is 0.847. The van der Waals surface area contributed by atoms with Crippen molar-refractivity contribution in [1.82, 2.24) is 4.98 Å². The van der Waals surface area contributed by atoms with Gasteiger partial charge in [-0.25, -0.2) is 4.79 Å². The fraction of sp³-hybridized carbons (Fsp3) is 0. The first-order valence-corrected chi connectivity index (χ1v) is 5.44. The van der Waals surface area contributed by atoms with E-state index in [4.69, 9.17) is 9.52 Å². The van der Waals surface area contributed by atoms with Crippen LogP contribution >= 0.6 is 22.6 Å². The maximum absolute atomic E-state index is 10.6. The van der Waals surface area contributed by atoms with Crippen molar-refractivity contribution in [1.29, 1.82) is 0 Å². The molecule has 0 aliphatic carbocycles. The highest BCUT2D eigenvalue weighted by Gasteiger charge is 2.10. The van der Waals surface area contributed by atoms with E-state index in [1.807, 2.05) is 24.3 Å². The van der Waals surface area contributed by atoms with Gasteiger partial charge in [0.25, 0.3) is 6.01 Å². The molecule has 2 N–H and O–H groups in total. The van der Waals surface area contributed by atoms with Gasteiger partial charge in [-0.1, -0.05) is 6.07 Å². The molecule has 16 heavy (non-hydrogen) atoms. The summed E-state index contributed by atoms with van der Waals surface area (Å²) in [5.74, 6) is -1.11. The van der Waals surface area contributed by atoms with Gasteiger partial charge in [0.2, 0.25) is 0 Å². The Morgan fingerprint density at radius 2 is 2.31 bits per heavy atom. The second-order valence-corrected chi connectivity index (χ2v) is 4.22. The summed E-state index contributed by atoms with van der Waals surface area (Å²) in [7, 11) is 0. The van der Waals surface area contributed by atoms with Gasteiger partial charge in [0, 0.05) is 9.26 Å². The molecule has 0 atom stereocenters. The topological polar surface area (TPSA) is 75.4 Å². The molecule has 0 aliphatic rings. The Hall–Kier alpha value is -1.57. The lowest BCUT2D eigenvalue weighted by Gasteiger charge is -2.00. The van der Waals surface area contributed by atoms with Crippen molar-refractivity contribution in [2.75, 3.05) is 5.32 Å². The number of carbonyl (C=O) groups is 1. The summed E-state index contributed by atoms with van der Waals surface area (Å²) in [5.41, 5.74) is 0.679. The van der Waals surface area contributed by atoms with Crippen LogP contribution in [0.15, 0.2) is 34.9 Å². The van der Waals surface area contributed by atoms with E-state index in [1.165, 1.54) is 0 Å². The monoisotopic (exact) mass is 330 g/mol. The molecular formula is C10H7IN2O3. The number of halogens is 1. The second kappa shape index (κ2) is 4.52. The first-order chi connectivity index (χ1) is 7.65. The third kappa shape index (κ3) is 2.51. The summed E-state index contributed by atoms with van der Waals surface area (Å²) in [6.07, 6.45) is 1.10. The van der Waals surface area contributed by atoms with Crippen LogP contribution in [0, 0.1) is 3.57 Å². The number of aromatic carboxylic acids is 1.